The van der Waals surface area contributed by atoms with Gasteiger partial charge in [-0.25, -0.2) is 9.18 Å². The Kier molecular flexibility index (Phi) is 4.48. The highest BCUT2D eigenvalue weighted by molar-refractivity contribution is 6.01. The Bertz CT molecular complexity index is 662. The van der Waals surface area contributed by atoms with Gasteiger partial charge in [-0.2, -0.15) is 0 Å². The Hall–Kier alpha value is -2.49. The maximum Gasteiger partial charge on any atom is 0.338 e. The average Bonchev–Trinajstić information content (AvgIpc) is 2.47. The van der Waals surface area contributed by atoms with Crippen LogP contribution in [0.15, 0.2) is 48.5 Å². The van der Waals surface area contributed by atoms with Gasteiger partial charge in [0.15, 0.2) is 6.10 Å². The van der Waals surface area contributed by atoms with Crippen LogP contribution >= 0.6 is 0 Å². The van der Waals surface area contributed by atoms with Gasteiger partial charge >= 0.3 is 5.97 Å². The molecule has 2 rings (SSSR count). The van der Waals surface area contributed by atoms with Crippen LogP contribution in [0.5, 0.6) is 0 Å². The fourth-order valence-electron chi connectivity index (χ4n) is 1.85. The molecule has 1 atom stereocenters. The summed E-state index contributed by atoms with van der Waals surface area (Å²) in [5.41, 5.74) is 1.59. The molecule has 1 unspecified atom stereocenters. The smallest absolute Gasteiger partial charge is 0.338 e. The topological polar surface area (TPSA) is 43.4 Å². The first-order valence-electron chi connectivity index (χ1n) is 6.55. The summed E-state index contributed by atoms with van der Waals surface area (Å²) in [6.07, 6.45) is -0.927. The van der Waals surface area contributed by atoms with Gasteiger partial charge in [0.05, 0.1) is 5.56 Å². The lowest BCUT2D eigenvalue weighted by atomic mass is 10.1. The van der Waals surface area contributed by atoms with Crippen molar-refractivity contribution in [1.29, 1.82) is 0 Å². The molecule has 0 amide bonds. The minimum atomic E-state index is -0.927. The van der Waals surface area contributed by atoms with E-state index in [9.17, 15) is 14.0 Å². The summed E-state index contributed by atoms with van der Waals surface area (Å²) < 4.78 is 18.1. The molecule has 0 saturated carbocycles. The number of hydrogen-bond donors (Lipinski definition) is 0. The molecule has 0 bridgehead atoms. The van der Waals surface area contributed by atoms with E-state index in [0.717, 1.165) is 11.6 Å². The van der Waals surface area contributed by atoms with E-state index in [1.54, 1.807) is 12.1 Å². The number of rotatable bonds is 4. The monoisotopic (exact) mass is 286 g/mol. The molecule has 0 fully saturated rings. The largest absolute Gasteiger partial charge is 0.451 e. The molecule has 0 aromatic heterocycles. The number of carbonyl (C=O) groups excluding carboxylic acids is 2. The second-order valence-electron chi connectivity index (χ2n) is 4.79. The van der Waals surface area contributed by atoms with Gasteiger partial charge in [0.1, 0.15) is 5.82 Å². The number of esters is 1. The van der Waals surface area contributed by atoms with Crippen molar-refractivity contribution >= 4 is 11.8 Å². The first-order valence-corrected chi connectivity index (χ1v) is 6.55. The molecule has 3 nitrogen and oxygen atoms in total. The third-order valence-electron chi connectivity index (χ3n) is 3.05. The maximum atomic E-state index is 13.1. The molecule has 0 radical (unpaired) electrons. The zero-order valence-corrected chi connectivity index (χ0v) is 11.8. The predicted octanol–water partition coefficient (Wildman–Crippen LogP) is 3.56. The molecule has 4 heteroatoms. The minimum Gasteiger partial charge on any atom is -0.451 e. The van der Waals surface area contributed by atoms with E-state index in [-0.39, 0.29) is 11.3 Å². The molecule has 21 heavy (non-hydrogen) atoms. The Morgan fingerprint density at radius 1 is 1.05 bits per heavy atom. The molecular weight excluding hydrogens is 271 g/mol. The van der Waals surface area contributed by atoms with Gasteiger partial charge in [-0.15, -0.1) is 0 Å². The lowest BCUT2D eigenvalue weighted by Crippen LogP contribution is -2.24. The zero-order chi connectivity index (χ0) is 15.4. The number of aryl methyl sites for hydroxylation is 1. The highest BCUT2D eigenvalue weighted by Crippen LogP contribution is 2.11. The molecule has 0 spiro atoms. The van der Waals surface area contributed by atoms with E-state index < -0.39 is 17.9 Å². The van der Waals surface area contributed by atoms with E-state index in [1.165, 1.54) is 25.1 Å². The third-order valence-corrected chi connectivity index (χ3v) is 3.05. The lowest BCUT2D eigenvalue weighted by Gasteiger charge is -2.12. The van der Waals surface area contributed by atoms with Gasteiger partial charge in [-0.1, -0.05) is 35.9 Å². The molecule has 2 aromatic rings. The van der Waals surface area contributed by atoms with Crippen molar-refractivity contribution in [3.63, 3.8) is 0 Å². The van der Waals surface area contributed by atoms with Crippen LogP contribution in [-0.4, -0.2) is 17.9 Å². The summed E-state index contributed by atoms with van der Waals surface area (Å²) in [6.45, 7) is 3.42. The molecule has 0 aliphatic carbocycles. The van der Waals surface area contributed by atoms with Crippen LogP contribution in [0.4, 0.5) is 4.39 Å². The van der Waals surface area contributed by atoms with Crippen molar-refractivity contribution in [2.24, 2.45) is 0 Å². The molecular formula is C17H15FO3. The SMILES string of the molecule is Cc1ccc(C(=O)C(C)OC(=O)c2cccc(F)c2)cc1. The Balaban J connectivity index is 2.07. The van der Waals surface area contributed by atoms with Crippen LogP contribution in [0.3, 0.4) is 0 Å². The molecule has 0 saturated heterocycles. The molecule has 0 aliphatic heterocycles. The van der Waals surface area contributed by atoms with Crippen LogP contribution in [0.2, 0.25) is 0 Å². The van der Waals surface area contributed by atoms with Crippen LogP contribution < -0.4 is 0 Å². The molecule has 2 aromatic carbocycles. The van der Waals surface area contributed by atoms with Gasteiger partial charge in [-0.05, 0) is 32.0 Å². The van der Waals surface area contributed by atoms with Crippen LogP contribution in [0, 0.1) is 12.7 Å². The van der Waals surface area contributed by atoms with Crippen molar-refractivity contribution < 1.29 is 18.7 Å². The second kappa shape index (κ2) is 6.31. The molecule has 0 aliphatic rings. The summed E-state index contributed by atoms with van der Waals surface area (Å²) in [7, 11) is 0. The maximum absolute atomic E-state index is 13.1. The number of Topliss-reactive ketones (excluding diaryl/α,β-unsaturated/α-hetero) is 1. The van der Waals surface area contributed by atoms with Gasteiger partial charge in [0.2, 0.25) is 5.78 Å². The van der Waals surface area contributed by atoms with E-state index in [4.69, 9.17) is 4.74 Å². The summed E-state index contributed by atoms with van der Waals surface area (Å²) in [6, 6.07) is 12.2. The molecule has 0 heterocycles. The highest BCUT2D eigenvalue weighted by atomic mass is 19.1. The van der Waals surface area contributed by atoms with Gasteiger partial charge < -0.3 is 4.74 Å². The van der Waals surface area contributed by atoms with Crippen molar-refractivity contribution in [3.8, 4) is 0 Å². The molecule has 0 N–H and O–H groups in total. The van der Waals surface area contributed by atoms with Crippen LogP contribution in [0.25, 0.3) is 0 Å². The number of hydrogen-bond acceptors (Lipinski definition) is 3. The fraction of sp³-hybridized carbons (Fsp3) is 0.176. The zero-order valence-electron chi connectivity index (χ0n) is 11.8. The summed E-state index contributed by atoms with van der Waals surface area (Å²) in [4.78, 5) is 24.0. The van der Waals surface area contributed by atoms with Crippen molar-refractivity contribution in [2.75, 3.05) is 0 Å². The van der Waals surface area contributed by atoms with E-state index in [0.29, 0.717) is 5.56 Å². The summed E-state index contributed by atoms with van der Waals surface area (Å²) >= 11 is 0. The Morgan fingerprint density at radius 3 is 2.33 bits per heavy atom. The molecule has 108 valence electrons. The van der Waals surface area contributed by atoms with Gasteiger partial charge in [0.25, 0.3) is 0 Å². The van der Waals surface area contributed by atoms with Crippen molar-refractivity contribution in [3.05, 3.63) is 71.0 Å². The highest BCUT2D eigenvalue weighted by Gasteiger charge is 2.20. The van der Waals surface area contributed by atoms with Gasteiger partial charge in [0, 0.05) is 5.56 Å². The number of halogens is 1. The van der Waals surface area contributed by atoms with E-state index in [2.05, 4.69) is 0 Å². The predicted molar refractivity (Wildman–Crippen MR) is 76.8 cm³/mol. The Morgan fingerprint density at radius 2 is 1.71 bits per heavy atom. The normalized spacial score (nSPS) is 11.8. The van der Waals surface area contributed by atoms with Crippen LogP contribution in [-0.2, 0) is 4.74 Å². The van der Waals surface area contributed by atoms with Crippen LogP contribution in [0.1, 0.15) is 33.2 Å². The van der Waals surface area contributed by atoms with E-state index in [1.807, 2.05) is 19.1 Å². The summed E-state index contributed by atoms with van der Waals surface area (Å²) in [5, 5.41) is 0. The first-order chi connectivity index (χ1) is 9.97. The average molecular weight is 286 g/mol. The summed E-state index contributed by atoms with van der Waals surface area (Å²) in [5.74, 6) is -1.54. The van der Waals surface area contributed by atoms with Crippen molar-refractivity contribution in [2.45, 2.75) is 20.0 Å². The quantitative estimate of drug-likeness (QED) is 0.637. The van der Waals surface area contributed by atoms with Crippen molar-refractivity contribution in [1.82, 2.24) is 0 Å². The number of ketones is 1. The Labute approximate surface area is 122 Å². The standard InChI is InChI=1S/C17H15FO3/c1-11-6-8-13(9-7-11)16(19)12(2)21-17(20)14-4-3-5-15(18)10-14/h3-10,12H,1-2H3. The van der Waals surface area contributed by atoms with Gasteiger partial charge in [-0.3, -0.25) is 4.79 Å². The second-order valence-corrected chi connectivity index (χ2v) is 4.79. The number of carbonyl (C=O) groups is 2. The first kappa shape index (κ1) is 14.9. The lowest BCUT2D eigenvalue weighted by molar-refractivity contribution is 0.0318. The van der Waals surface area contributed by atoms with E-state index >= 15 is 0 Å². The number of benzene rings is 2. The fourth-order valence-corrected chi connectivity index (χ4v) is 1.85. The minimum absolute atomic E-state index is 0.0820. The third kappa shape index (κ3) is 3.75. The number of ether oxygens (including phenoxy) is 1.